The monoisotopic (exact) mass is 340 g/mol. The summed E-state index contributed by atoms with van der Waals surface area (Å²) < 4.78 is 0.800. The molecule has 2 aromatic rings. The van der Waals surface area contributed by atoms with Gasteiger partial charge in [0.05, 0.1) is 4.47 Å². The summed E-state index contributed by atoms with van der Waals surface area (Å²) in [4.78, 5) is 8.58. The third-order valence-electron chi connectivity index (χ3n) is 2.60. The molecule has 4 nitrogen and oxygen atoms in total. The molecule has 0 amide bonds. The van der Waals surface area contributed by atoms with Gasteiger partial charge in [-0.3, -0.25) is 0 Å². The third kappa shape index (κ3) is 3.36. The fraction of sp³-hybridized carbons (Fsp3) is 0.231. The highest BCUT2D eigenvalue weighted by molar-refractivity contribution is 9.10. The topological polar surface area (TPSA) is 49.8 Å². The third-order valence-corrected chi connectivity index (χ3v) is 3.59. The van der Waals surface area contributed by atoms with E-state index in [9.17, 15) is 0 Å². The van der Waals surface area contributed by atoms with Gasteiger partial charge in [0.1, 0.15) is 5.82 Å². The summed E-state index contributed by atoms with van der Waals surface area (Å²) in [5, 5.41) is 7.06. The van der Waals surface area contributed by atoms with Crippen molar-refractivity contribution in [2.24, 2.45) is 0 Å². The minimum atomic E-state index is 0.591. The highest BCUT2D eigenvalue weighted by atomic mass is 79.9. The second-order valence-electron chi connectivity index (χ2n) is 3.96. The Morgan fingerprint density at radius 1 is 1.37 bits per heavy atom. The van der Waals surface area contributed by atoms with Gasteiger partial charge in [0.2, 0.25) is 5.95 Å². The molecule has 0 unspecified atom stereocenters. The number of anilines is 3. The van der Waals surface area contributed by atoms with Crippen LogP contribution in [0.3, 0.4) is 0 Å². The molecular weight excluding hydrogens is 328 g/mol. The highest BCUT2D eigenvalue weighted by Gasteiger charge is 2.08. The van der Waals surface area contributed by atoms with Gasteiger partial charge in [0.25, 0.3) is 0 Å². The predicted molar refractivity (Wildman–Crippen MR) is 83.4 cm³/mol. The minimum absolute atomic E-state index is 0.591. The van der Waals surface area contributed by atoms with Crippen LogP contribution in [0, 0.1) is 6.92 Å². The van der Waals surface area contributed by atoms with Gasteiger partial charge < -0.3 is 10.6 Å². The maximum absolute atomic E-state index is 6.10. The van der Waals surface area contributed by atoms with E-state index in [0.717, 1.165) is 27.3 Å². The Labute approximate surface area is 125 Å². The van der Waals surface area contributed by atoms with Crippen molar-refractivity contribution in [3.05, 3.63) is 39.5 Å². The lowest BCUT2D eigenvalue weighted by Crippen LogP contribution is -2.05. The van der Waals surface area contributed by atoms with Gasteiger partial charge in [-0.2, -0.15) is 4.98 Å². The summed E-state index contributed by atoms with van der Waals surface area (Å²) in [6.45, 7) is 4.74. The van der Waals surface area contributed by atoms with Crippen LogP contribution in [0.1, 0.15) is 12.5 Å². The van der Waals surface area contributed by atoms with Crippen LogP contribution in [0.5, 0.6) is 0 Å². The van der Waals surface area contributed by atoms with Crippen LogP contribution in [-0.2, 0) is 0 Å². The molecule has 0 saturated heterocycles. The van der Waals surface area contributed by atoms with Gasteiger partial charge in [0.15, 0.2) is 0 Å². The Morgan fingerprint density at radius 2 is 2.16 bits per heavy atom. The van der Waals surface area contributed by atoms with Gasteiger partial charge in [-0.25, -0.2) is 4.98 Å². The number of rotatable bonds is 4. The average Bonchev–Trinajstić information content (AvgIpc) is 2.39. The molecule has 2 N–H and O–H groups in total. The zero-order valence-electron chi connectivity index (χ0n) is 10.7. The summed E-state index contributed by atoms with van der Waals surface area (Å²) >= 11 is 9.54. The van der Waals surface area contributed by atoms with Gasteiger partial charge in [0, 0.05) is 23.5 Å². The molecule has 19 heavy (non-hydrogen) atoms. The number of benzene rings is 1. The van der Waals surface area contributed by atoms with E-state index in [1.54, 1.807) is 6.20 Å². The van der Waals surface area contributed by atoms with Crippen LogP contribution in [0.2, 0.25) is 5.02 Å². The zero-order valence-corrected chi connectivity index (χ0v) is 13.0. The van der Waals surface area contributed by atoms with Gasteiger partial charge in [-0.05, 0) is 47.5 Å². The summed E-state index contributed by atoms with van der Waals surface area (Å²) in [5.74, 6) is 1.30. The van der Waals surface area contributed by atoms with Crippen molar-refractivity contribution < 1.29 is 0 Å². The molecule has 0 fully saturated rings. The molecular formula is C13H14BrClN4. The van der Waals surface area contributed by atoms with Crippen molar-refractivity contribution in [3.8, 4) is 0 Å². The second-order valence-corrected chi connectivity index (χ2v) is 5.22. The van der Waals surface area contributed by atoms with Gasteiger partial charge in [-0.1, -0.05) is 17.7 Å². The lowest BCUT2D eigenvalue weighted by atomic mass is 10.2. The van der Waals surface area contributed by atoms with E-state index in [2.05, 4.69) is 36.5 Å². The maximum atomic E-state index is 6.10. The normalized spacial score (nSPS) is 10.3. The van der Waals surface area contributed by atoms with Crippen LogP contribution in [0.25, 0.3) is 0 Å². The van der Waals surface area contributed by atoms with Gasteiger partial charge in [-0.15, -0.1) is 0 Å². The molecule has 0 aliphatic heterocycles. The quantitative estimate of drug-likeness (QED) is 0.866. The molecule has 0 aliphatic carbocycles. The van der Waals surface area contributed by atoms with Crippen molar-refractivity contribution >= 4 is 45.0 Å². The van der Waals surface area contributed by atoms with Crippen LogP contribution in [0.4, 0.5) is 17.5 Å². The Kier molecular flexibility index (Phi) is 4.61. The Morgan fingerprint density at radius 3 is 2.89 bits per heavy atom. The molecule has 1 aromatic carbocycles. The first-order valence-corrected chi connectivity index (χ1v) is 7.07. The molecule has 0 spiro atoms. The molecule has 0 bridgehead atoms. The van der Waals surface area contributed by atoms with E-state index in [-0.39, 0.29) is 0 Å². The standard InChI is InChI=1S/C13H14BrClN4/c1-3-16-13-17-7-9(14)12(19-13)18-11-6-4-5-10(15)8(11)2/h4-7H,3H2,1-2H3,(H2,16,17,18,19). The van der Waals surface area contributed by atoms with E-state index in [0.29, 0.717) is 11.8 Å². The molecule has 2 rings (SSSR count). The average molecular weight is 342 g/mol. The maximum Gasteiger partial charge on any atom is 0.224 e. The van der Waals surface area contributed by atoms with E-state index in [1.807, 2.05) is 32.0 Å². The van der Waals surface area contributed by atoms with E-state index in [1.165, 1.54) is 0 Å². The zero-order chi connectivity index (χ0) is 13.8. The summed E-state index contributed by atoms with van der Waals surface area (Å²) in [7, 11) is 0. The molecule has 0 radical (unpaired) electrons. The summed E-state index contributed by atoms with van der Waals surface area (Å²) in [6.07, 6.45) is 1.72. The van der Waals surface area contributed by atoms with E-state index in [4.69, 9.17) is 11.6 Å². The number of nitrogens with zero attached hydrogens (tertiary/aromatic N) is 2. The molecule has 0 aliphatic rings. The van der Waals surface area contributed by atoms with Crippen LogP contribution < -0.4 is 10.6 Å². The summed E-state index contributed by atoms with van der Waals surface area (Å²) in [6, 6.07) is 5.72. The molecule has 0 saturated carbocycles. The lowest BCUT2D eigenvalue weighted by molar-refractivity contribution is 1.08. The summed E-state index contributed by atoms with van der Waals surface area (Å²) in [5.41, 5.74) is 1.91. The first-order chi connectivity index (χ1) is 9.11. The van der Waals surface area contributed by atoms with Crippen molar-refractivity contribution in [1.29, 1.82) is 0 Å². The second kappa shape index (κ2) is 6.21. The molecule has 1 aromatic heterocycles. The van der Waals surface area contributed by atoms with Crippen molar-refractivity contribution in [3.63, 3.8) is 0 Å². The minimum Gasteiger partial charge on any atom is -0.354 e. The predicted octanol–water partition coefficient (Wildman–Crippen LogP) is 4.38. The highest BCUT2D eigenvalue weighted by Crippen LogP contribution is 2.28. The van der Waals surface area contributed by atoms with Crippen molar-refractivity contribution in [2.45, 2.75) is 13.8 Å². The van der Waals surface area contributed by atoms with Crippen LogP contribution >= 0.6 is 27.5 Å². The number of nitrogens with one attached hydrogen (secondary N) is 2. The first-order valence-electron chi connectivity index (χ1n) is 5.90. The number of halogens is 2. The molecule has 1 heterocycles. The van der Waals surface area contributed by atoms with Gasteiger partial charge >= 0.3 is 0 Å². The Hall–Kier alpha value is -1.33. The largest absolute Gasteiger partial charge is 0.354 e. The number of aromatic nitrogens is 2. The van der Waals surface area contributed by atoms with Crippen LogP contribution in [-0.4, -0.2) is 16.5 Å². The SMILES string of the molecule is CCNc1ncc(Br)c(Nc2cccc(Cl)c2C)n1. The fourth-order valence-electron chi connectivity index (χ4n) is 1.57. The van der Waals surface area contributed by atoms with Crippen molar-refractivity contribution in [2.75, 3.05) is 17.2 Å². The van der Waals surface area contributed by atoms with Crippen molar-refractivity contribution in [1.82, 2.24) is 9.97 Å². The van der Waals surface area contributed by atoms with Crippen LogP contribution in [0.15, 0.2) is 28.9 Å². The molecule has 100 valence electrons. The Balaban J connectivity index is 2.32. The van der Waals surface area contributed by atoms with E-state index >= 15 is 0 Å². The van der Waals surface area contributed by atoms with E-state index < -0.39 is 0 Å². The number of hydrogen-bond donors (Lipinski definition) is 2. The molecule has 6 heteroatoms. The lowest BCUT2D eigenvalue weighted by Gasteiger charge is -2.12. The fourth-order valence-corrected chi connectivity index (χ4v) is 2.03. The smallest absolute Gasteiger partial charge is 0.224 e. The molecule has 0 atom stereocenters. The first kappa shape index (κ1) is 14.1. The number of hydrogen-bond acceptors (Lipinski definition) is 4. The Bertz CT molecular complexity index is 589.